The summed E-state index contributed by atoms with van der Waals surface area (Å²) in [5.74, 6) is 0.256. The first-order valence-corrected chi connectivity index (χ1v) is 7.80. The van der Waals surface area contributed by atoms with Crippen molar-refractivity contribution >= 4 is 33.2 Å². The van der Waals surface area contributed by atoms with Gasteiger partial charge in [-0.3, -0.25) is 4.79 Å². The molecule has 0 bridgehead atoms. The highest BCUT2D eigenvalue weighted by atomic mass is 79.9. The molecule has 4 nitrogen and oxygen atoms in total. The zero-order valence-corrected chi connectivity index (χ0v) is 13.6. The van der Waals surface area contributed by atoms with Crippen molar-refractivity contribution in [2.24, 2.45) is 0 Å². The smallest absolute Gasteiger partial charge is 0.294 e. The van der Waals surface area contributed by atoms with E-state index >= 15 is 0 Å². The summed E-state index contributed by atoms with van der Waals surface area (Å²) >= 11 is 3.24. The Morgan fingerprint density at radius 2 is 1.86 bits per heavy atom. The highest BCUT2D eigenvalue weighted by Crippen LogP contribution is 2.35. The standard InChI is InChI=1S/C16H17BrN2O2/c1-11(2)18-9-10-19(13-6-4-3-5-12(13)18)16(20)14-7-8-15(17)21-14/h3-8,11H,9-10H2,1-2H3. The number of hydrogen-bond donors (Lipinski definition) is 0. The van der Waals surface area contributed by atoms with Crippen molar-refractivity contribution in [2.75, 3.05) is 22.9 Å². The van der Waals surface area contributed by atoms with Crippen LogP contribution in [-0.2, 0) is 0 Å². The van der Waals surface area contributed by atoms with E-state index in [1.807, 2.05) is 18.2 Å². The lowest BCUT2D eigenvalue weighted by Crippen LogP contribution is -2.46. The van der Waals surface area contributed by atoms with Gasteiger partial charge < -0.3 is 14.2 Å². The molecule has 0 fully saturated rings. The van der Waals surface area contributed by atoms with E-state index in [4.69, 9.17) is 4.42 Å². The maximum atomic E-state index is 12.6. The van der Waals surface area contributed by atoms with Crippen molar-refractivity contribution in [1.82, 2.24) is 0 Å². The number of halogens is 1. The minimum atomic E-state index is -0.100. The van der Waals surface area contributed by atoms with Gasteiger partial charge in [0.1, 0.15) is 0 Å². The Kier molecular flexibility index (Phi) is 3.76. The summed E-state index contributed by atoms with van der Waals surface area (Å²) in [4.78, 5) is 16.8. The Labute approximate surface area is 132 Å². The Hall–Kier alpha value is -1.75. The monoisotopic (exact) mass is 348 g/mol. The van der Waals surface area contributed by atoms with E-state index in [0.717, 1.165) is 17.9 Å². The Morgan fingerprint density at radius 3 is 2.48 bits per heavy atom. The summed E-state index contributed by atoms with van der Waals surface area (Å²) in [5, 5.41) is 0. The number of carbonyl (C=O) groups is 1. The van der Waals surface area contributed by atoms with E-state index in [9.17, 15) is 4.79 Å². The fraction of sp³-hybridized carbons (Fsp3) is 0.312. The van der Waals surface area contributed by atoms with Crippen molar-refractivity contribution in [3.63, 3.8) is 0 Å². The summed E-state index contributed by atoms with van der Waals surface area (Å²) in [6.45, 7) is 5.81. The lowest BCUT2D eigenvalue weighted by Gasteiger charge is -2.39. The maximum absolute atomic E-state index is 12.6. The maximum Gasteiger partial charge on any atom is 0.294 e. The van der Waals surface area contributed by atoms with Crippen LogP contribution in [0.4, 0.5) is 11.4 Å². The molecule has 21 heavy (non-hydrogen) atoms. The predicted molar refractivity (Wildman–Crippen MR) is 87.0 cm³/mol. The number of para-hydroxylation sites is 2. The molecule has 110 valence electrons. The molecule has 0 N–H and O–H groups in total. The largest absolute Gasteiger partial charge is 0.444 e. The number of rotatable bonds is 2. The lowest BCUT2D eigenvalue weighted by molar-refractivity contribution is 0.0958. The Balaban J connectivity index is 1.98. The van der Waals surface area contributed by atoms with Gasteiger partial charge in [0.2, 0.25) is 0 Å². The fourth-order valence-corrected chi connectivity index (χ4v) is 3.00. The van der Waals surface area contributed by atoms with E-state index in [2.05, 4.69) is 40.7 Å². The third kappa shape index (κ3) is 2.58. The van der Waals surface area contributed by atoms with E-state index in [0.29, 0.717) is 23.0 Å². The molecule has 0 radical (unpaired) electrons. The molecule has 1 aromatic carbocycles. The molecule has 0 saturated carbocycles. The molecular weight excluding hydrogens is 332 g/mol. The van der Waals surface area contributed by atoms with Crippen LogP contribution in [-0.4, -0.2) is 25.0 Å². The summed E-state index contributed by atoms with van der Waals surface area (Å²) < 4.78 is 5.97. The van der Waals surface area contributed by atoms with E-state index in [1.54, 1.807) is 17.0 Å². The number of benzene rings is 1. The quantitative estimate of drug-likeness (QED) is 0.825. The molecule has 2 heterocycles. The van der Waals surface area contributed by atoms with Gasteiger partial charge >= 0.3 is 0 Å². The van der Waals surface area contributed by atoms with Gasteiger partial charge in [-0.25, -0.2) is 0 Å². The number of furan rings is 1. The number of fused-ring (bicyclic) bond motifs is 1. The van der Waals surface area contributed by atoms with Gasteiger partial charge in [0.15, 0.2) is 10.4 Å². The summed E-state index contributed by atoms with van der Waals surface area (Å²) in [5.41, 5.74) is 2.03. The molecule has 1 amide bonds. The SMILES string of the molecule is CC(C)N1CCN(C(=O)c2ccc(Br)o2)c2ccccc21. The van der Waals surface area contributed by atoms with Crippen molar-refractivity contribution in [2.45, 2.75) is 19.9 Å². The van der Waals surface area contributed by atoms with Crippen LogP contribution in [0.5, 0.6) is 0 Å². The van der Waals surface area contributed by atoms with Gasteiger partial charge in [-0.15, -0.1) is 0 Å². The minimum Gasteiger partial charge on any atom is -0.444 e. The molecule has 1 aromatic heterocycles. The zero-order chi connectivity index (χ0) is 15.0. The number of hydrogen-bond acceptors (Lipinski definition) is 3. The van der Waals surface area contributed by atoms with Crippen molar-refractivity contribution < 1.29 is 9.21 Å². The highest BCUT2D eigenvalue weighted by Gasteiger charge is 2.29. The first-order valence-electron chi connectivity index (χ1n) is 7.01. The third-order valence-corrected chi connectivity index (χ3v) is 4.13. The lowest BCUT2D eigenvalue weighted by atomic mass is 10.1. The van der Waals surface area contributed by atoms with Crippen LogP contribution in [0.15, 0.2) is 45.5 Å². The van der Waals surface area contributed by atoms with Crippen LogP contribution in [0.2, 0.25) is 0 Å². The second-order valence-corrected chi connectivity index (χ2v) is 6.12. The molecule has 0 unspecified atom stereocenters. The van der Waals surface area contributed by atoms with Crippen LogP contribution in [0, 0.1) is 0 Å². The van der Waals surface area contributed by atoms with Gasteiger partial charge in [-0.1, -0.05) is 12.1 Å². The molecule has 0 atom stereocenters. The Morgan fingerprint density at radius 1 is 1.14 bits per heavy atom. The molecule has 1 aliphatic rings. The molecule has 0 spiro atoms. The van der Waals surface area contributed by atoms with Gasteiger partial charge in [0.25, 0.3) is 5.91 Å². The number of anilines is 2. The minimum absolute atomic E-state index is 0.100. The third-order valence-electron chi connectivity index (χ3n) is 3.70. The summed E-state index contributed by atoms with van der Waals surface area (Å²) in [6, 6.07) is 11.9. The van der Waals surface area contributed by atoms with Gasteiger partial charge in [-0.05, 0) is 54.0 Å². The first-order chi connectivity index (χ1) is 10.1. The predicted octanol–water partition coefficient (Wildman–Crippen LogP) is 3.92. The van der Waals surface area contributed by atoms with Crippen molar-refractivity contribution in [1.29, 1.82) is 0 Å². The summed E-state index contributed by atoms with van der Waals surface area (Å²) in [7, 11) is 0. The normalized spacial score (nSPS) is 14.5. The van der Waals surface area contributed by atoms with Gasteiger partial charge in [-0.2, -0.15) is 0 Å². The zero-order valence-electron chi connectivity index (χ0n) is 12.0. The fourth-order valence-electron chi connectivity index (χ4n) is 2.69. The van der Waals surface area contributed by atoms with Crippen LogP contribution in [0.1, 0.15) is 24.4 Å². The van der Waals surface area contributed by atoms with Crippen molar-refractivity contribution in [3.05, 3.63) is 46.8 Å². The summed E-state index contributed by atoms with van der Waals surface area (Å²) in [6.07, 6.45) is 0. The molecule has 0 saturated heterocycles. The van der Waals surface area contributed by atoms with Crippen LogP contribution < -0.4 is 9.80 Å². The van der Waals surface area contributed by atoms with Gasteiger partial charge in [0, 0.05) is 19.1 Å². The Bertz CT molecular complexity index is 666. The topological polar surface area (TPSA) is 36.7 Å². The molecule has 2 aromatic rings. The second-order valence-electron chi connectivity index (χ2n) is 5.34. The van der Waals surface area contributed by atoms with Gasteiger partial charge in [0.05, 0.1) is 11.4 Å². The van der Waals surface area contributed by atoms with E-state index < -0.39 is 0 Å². The first kappa shape index (κ1) is 14.2. The van der Waals surface area contributed by atoms with Crippen LogP contribution in [0.25, 0.3) is 0 Å². The molecule has 1 aliphatic heterocycles. The van der Waals surface area contributed by atoms with Crippen LogP contribution >= 0.6 is 15.9 Å². The molecular formula is C16H17BrN2O2. The average molecular weight is 349 g/mol. The second kappa shape index (κ2) is 5.56. The molecule has 0 aliphatic carbocycles. The molecule has 5 heteroatoms. The number of carbonyl (C=O) groups excluding carboxylic acids is 1. The number of amides is 1. The average Bonchev–Trinajstić information content (AvgIpc) is 2.91. The van der Waals surface area contributed by atoms with E-state index in [1.165, 1.54) is 0 Å². The van der Waals surface area contributed by atoms with Crippen molar-refractivity contribution in [3.8, 4) is 0 Å². The number of nitrogens with zero attached hydrogens (tertiary/aromatic N) is 2. The highest BCUT2D eigenvalue weighted by molar-refractivity contribution is 9.10. The molecule has 3 rings (SSSR count). The van der Waals surface area contributed by atoms with E-state index in [-0.39, 0.29) is 5.91 Å². The van der Waals surface area contributed by atoms with Crippen LogP contribution in [0.3, 0.4) is 0 Å².